The Labute approximate surface area is 196 Å². The van der Waals surface area contributed by atoms with Gasteiger partial charge in [0.1, 0.15) is 28.6 Å². The third kappa shape index (κ3) is 4.71. The van der Waals surface area contributed by atoms with Crippen LogP contribution in [0.15, 0.2) is 77.2 Å². The van der Waals surface area contributed by atoms with E-state index in [1.165, 1.54) is 10.5 Å². The minimum Gasteiger partial charge on any atom is -0.438 e. The predicted octanol–water partition coefficient (Wildman–Crippen LogP) is 4.96. The van der Waals surface area contributed by atoms with Crippen molar-refractivity contribution in [3.05, 3.63) is 105 Å². The van der Waals surface area contributed by atoms with Gasteiger partial charge < -0.3 is 10.1 Å². The SMILES string of the molecule is Cc1cccc(Oc2nc3ccccn3c(=O)c2/C=C(/C#N)C(=O)Nc2cc(C)ccc2C)c1. The number of hydrogen-bond donors (Lipinski definition) is 1. The van der Waals surface area contributed by atoms with Crippen molar-refractivity contribution < 1.29 is 9.53 Å². The molecule has 2 heterocycles. The van der Waals surface area contributed by atoms with Crippen LogP contribution in [0.4, 0.5) is 5.69 Å². The van der Waals surface area contributed by atoms with Crippen molar-refractivity contribution in [3.63, 3.8) is 0 Å². The minimum atomic E-state index is -0.629. The van der Waals surface area contributed by atoms with Crippen LogP contribution in [0.2, 0.25) is 0 Å². The molecule has 0 unspecified atom stereocenters. The molecule has 4 aromatic rings. The van der Waals surface area contributed by atoms with Crippen LogP contribution in [0.3, 0.4) is 0 Å². The summed E-state index contributed by atoms with van der Waals surface area (Å²) in [5, 5.41) is 12.5. The fraction of sp³-hybridized carbons (Fsp3) is 0.111. The van der Waals surface area contributed by atoms with Crippen LogP contribution in [0.1, 0.15) is 22.3 Å². The van der Waals surface area contributed by atoms with E-state index in [4.69, 9.17) is 4.74 Å². The quantitative estimate of drug-likeness (QED) is 0.342. The van der Waals surface area contributed by atoms with Gasteiger partial charge in [0, 0.05) is 11.9 Å². The molecular formula is C27H22N4O3. The highest BCUT2D eigenvalue weighted by Crippen LogP contribution is 2.25. The molecule has 4 rings (SSSR count). The average molecular weight is 450 g/mol. The maximum atomic E-state index is 13.3. The zero-order valence-electron chi connectivity index (χ0n) is 19.0. The average Bonchev–Trinajstić information content (AvgIpc) is 2.81. The van der Waals surface area contributed by atoms with Crippen molar-refractivity contribution in [2.24, 2.45) is 0 Å². The molecule has 1 amide bonds. The van der Waals surface area contributed by atoms with Crippen molar-refractivity contribution in [3.8, 4) is 17.7 Å². The third-order valence-electron chi connectivity index (χ3n) is 5.23. The Hall–Kier alpha value is -4.70. The van der Waals surface area contributed by atoms with Gasteiger partial charge in [-0.15, -0.1) is 0 Å². The molecule has 7 heteroatoms. The maximum Gasteiger partial charge on any atom is 0.269 e. The second-order valence-electron chi connectivity index (χ2n) is 7.93. The number of fused-ring (bicyclic) bond motifs is 1. The molecule has 0 bridgehead atoms. The number of nitrogens with one attached hydrogen (secondary N) is 1. The minimum absolute atomic E-state index is 0.00197. The number of nitrogens with zero attached hydrogens (tertiary/aromatic N) is 3. The van der Waals surface area contributed by atoms with E-state index in [1.54, 1.807) is 36.5 Å². The van der Waals surface area contributed by atoms with Gasteiger partial charge in [0.05, 0.1) is 0 Å². The Balaban J connectivity index is 1.81. The first-order valence-corrected chi connectivity index (χ1v) is 10.6. The fourth-order valence-electron chi connectivity index (χ4n) is 3.43. The molecule has 0 saturated carbocycles. The molecule has 168 valence electrons. The van der Waals surface area contributed by atoms with Gasteiger partial charge >= 0.3 is 0 Å². The van der Waals surface area contributed by atoms with Crippen LogP contribution in [-0.2, 0) is 4.79 Å². The number of hydrogen-bond acceptors (Lipinski definition) is 5. The van der Waals surface area contributed by atoms with Crippen molar-refractivity contribution in [1.82, 2.24) is 9.38 Å². The molecule has 0 atom stereocenters. The molecule has 2 aromatic heterocycles. The molecule has 2 aromatic carbocycles. The van der Waals surface area contributed by atoms with Gasteiger partial charge in [-0.05, 0) is 73.9 Å². The number of ether oxygens (including phenoxy) is 1. The standard InChI is InChI=1S/C27H22N4O3/c1-17-7-6-8-21(13-17)34-26-22(27(33)31-12-5-4-9-24(31)30-26)15-20(16-28)25(32)29-23-14-18(2)10-11-19(23)3/h4-15H,1-3H3,(H,29,32)/b20-15-. The van der Waals surface area contributed by atoms with E-state index in [2.05, 4.69) is 10.3 Å². The van der Waals surface area contributed by atoms with E-state index < -0.39 is 11.5 Å². The van der Waals surface area contributed by atoms with E-state index >= 15 is 0 Å². The van der Waals surface area contributed by atoms with Crippen LogP contribution in [0.5, 0.6) is 11.6 Å². The summed E-state index contributed by atoms with van der Waals surface area (Å²) in [6, 6.07) is 20.0. The van der Waals surface area contributed by atoms with Crippen LogP contribution in [-0.4, -0.2) is 15.3 Å². The van der Waals surface area contributed by atoms with Crippen molar-refractivity contribution in [1.29, 1.82) is 5.26 Å². The molecule has 0 saturated heterocycles. The van der Waals surface area contributed by atoms with E-state index in [0.717, 1.165) is 16.7 Å². The Kier molecular flexibility index (Phi) is 6.24. The summed E-state index contributed by atoms with van der Waals surface area (Å²) in [6.07, 6.45) is 2.79. The van der Waals surface area contributed by atoms with Gasteiger partial charge in [0.2, 0.25) is 5.88 Å². The van der Waals surface area contributed by atoms with Gasteiger partial charge in [-0.25, -0.2) is 0 Å². The zero-order valence-corrected chi connectivity index (χ0v) is 19.0. The Bertz CT molecular complexity index is 1540. The number of aromatic nitrogens is 2. The number of carbonyl (C=O) groups excluding carboxylic acids is 1. The van der Waals surface area contributed by atoms with Crippen LogP contribution >= 0.6 is 0 Å². The first-order valence-electron chi connectivity index (χ1n) is 10.6. The highest BCUT2D eigenvalue weighted by Gasteiger charge is 2.18. The first kappa shape index (κ1) is 22.5. The number of benzene rings is 2. The Morgan fingerprint density at radius 1 is 1.06 bits per heavy atom. The lowest BCUT2D eigenvalue weighted by Gasteiger charge is -2.11. The van der Waals surface area contributed by atoms with Crippen LogP contribution in [0, 0.1) is 32.1 Å². The molecule has 0 aliphatic rings. The van der Waals surface area contributed by atoms with Crippen LogP contribution in [0.25, 0.3) is 11.7 Å². The number of amides is 1. The van der Waals surface area contributed by atoms with E-state index in [1.807, 2.05) is 57.2 Å². The summed E-state index contributed by atoms with van der Waals surface area (Å²) in [5.74, 6) is -0.135. The maximum absolute atomic E-state index is 13.3. The van der Waals surface area contributed by atoms with Crippen molar-refractivity contribution in [2.75, 3.05) is 5.32 Å². The molecule has 0 aliphatic heterocycles. The second kappa shape index (κ2) is 9.43. The third-order valence-corrected chi connectivity index (χ3v) is 5.23. The highest BCUT2D eigenvalue weighted by molar-refractivity contribution is 6.10. The molecule has 7 nitrogen and oxygen atoms in total. The lowest BCUT2D eigenvalue weighted by Crippen LogP contribution is -2.20. The van der Waals surface area contributed by atoms with Gasteiger partial charge in [0.15, 0.2) is 0 Å². The summed E-state index contributed by atoms with van der Waals surface area (Å²) in [7, 11) is 0. The lowest BCUT2D eigenvalue weighted by molar-refractivity contribution is -0.112. The number of aryl methyl sites for hydroxylation is 3. The van der Waals surface area contributed by atoms with Crippen molar-refractivity contribution >= 4 is 23.3 Å². The molecule has 0 aliphatic carbocycles. The Morgan fingerprint density at radius 2 is 1.85 bits per heavy atom. The normalized spacial score (nSPS) is 11.2. The van der Waals surface area contributed by atoms with Crippen molar-refractivity contribution in [2.45, 2.75) is 20.8 Å². The van der Waals surface area contributed by atoms with Gasteiger partial charge in [-0.2, -0.15) is 10.2 Å². The van der Waals surface area contributed by atoms with Gasteiger partial charge in [-0.1, -0.05) is 30.3 Å². The predicted molar refractivity (Wildman–Crippen MR) is 131 cm³/mol. The summed E-state index contributed by atoms with van der Waals surface area (Å²) in [6.45, 7) is 5.69. The molecular weight excluding hydrogens is 428 g/mol. The summed E-state index contributed by atoms with van der Waals surface area (Å²) >= 11 is 0. The number of pyridine rings is 1. The molecule has 0 radical (unpaired) electrons. The van der Waals surface area contributed by atoms with Crippen LogP contribution < -0.4 is 15.6 Å². The first-order chi connectivity index (χ1) is 16.4. The molecule has 0 fully saturated rings. The summed E-state index contributed by atoms with van der Waals surface area (Å²) in [4.78, 5) is 30.7. The van der Waals surface area contributed by atoms with Gasteiger partial charge in [0.25, 0.3) is 11.5 Å². The number of anilines is 1. The van der Waals surface area contributed by atoms with E-state index in [9.17, 15) is 14.9 Å². The van der Waals surface area contributed by atoms with E-state index in [0.29, 0.717) is 17.1 Å². The molecule has 1 N–H and O–H groups in total. The Morgan fingerprint density at radius 3 is 2.62 bits per heavy atom. The number of carbonyl (C=O) groups is 1. The molecule has 0 spiro atoms. The summed E-state index contributed by atoms with van der Waals surface area (Å²) < 4.78 is 7.29. The smallest absolute Gasteiger partial charge is 0.269 e. The largest absolute Gasteiger partial charge is 0.438 e. The number of rotatable bonds is 5. The van der Waals surface area contributed by atoms with Gasteiger partial charge in [-0.3, -0.25) is 14.0 Å². The number of nitriles is 1. The monoisotopic (exact) mass is 450 g/mol. The summed E-state index contributed by atoms with van der Waals surface area (Å²) in [5.41, 5.74) is 3.06. The van der Waals surface area contributed by atoms with E-state index in [-0.39, 0.29) is 17.0 Å². The second-order valence-corrected chi connectivity index (χ2v) is 7.93. The molecule has 34 heavy (non-hydrogen) atoms. The lowest BCUT2D eigenvalue weighted by atomic mass is 10.1. The highest BCUT2D eigenvalue weighted by atomic mass is 16.5. The fourth-order valence-corrected chi connectivity index (χ4v) is 3.43. The topological polar surface area (TPSA) is 96.5 Å². The zero-order chi connectivity index (χ0) is 24.2.